The molecule has 1 fully saturated rings. The molecule has 2 rings (SSSR count). The molecule has 0 bridgehead atoms. The van der Waals surface area contributed by atoms with Crippen molar-refractivity contribution in [2.75, 3.05) is 32.8 Å². The number of nitrogens with one attached hydrogen (secondary N) is 1. The largest absolute Gasteiger partial charge is 0.494 e. The summed E-state index contributed by atoms with van der Waals surface area (Å²) in [6.45, 7) is 5.21. The van der Waals surface area contributed by atoms with Crippen molar-refractivity contribution < 1.29 is 22.7 Å². The van der Waals surface area contributed by atoms with Crippen LogP contribution in [0.25, 0.3) is 0 Å². The Labute approximate surface area is 149 Å². The zero-order valence-electron chi connectivity index (χ0n) is 14.7. The van der Waals surface area contributed by atoms with Crippen LogP contribution in [0.4, 0.5) is 0 Å². The van der Waals surface area contributed by atoms with Gasteiger partial charge < -0.3 is 14.8 Å². The number of carbonyl (C=O) groups excluding carboxylic acids is 1. The summed E-state index contributed by atoms with van der Waals surface area (Å²) in [5, 5.41) is 2.75. The average Bonchev–Trinajstić information content (AvgIpc) is 3.12. The van der Waals surface area contributed by atoms with E-state index < -0.39 is 10.0 Å². The molecule has 0 saturated carbocycles. The molecule has 25 heavy (non-hydrogen) atoms. The van der Waals surface area contributed by atoms with Gasteiger partial charge in [0.25, 0.3) is 0 Å². The van der Waals surface area contributed by atoms with Gasteiger partial charge in [0, 0.05) is 19.7 Å². The van der Waals surface area contributed by atoms with Crippen LogP contribution < -0.4 is 10.1 Å². The highest BCUT2D eigenvalue weighted by Gasteiger charge is 2.26. The molecule has 1 aromatic rings. The second-order valence-corrected chi connectivity index (χ2v) is 7.71. The maximum absolute atomic E-state index is 12.7. The van der Waals surface area contributed by atoms with E-state index in [2.05, 4.69) is 5.32 Å². The fraction of sp³-hybridized carbons (Fsp3) is 0.588. The minimum absolute atomic E-state index is 0.0294. The fourth-order valence-corrected chi connectivity index (χ4v) is 4.04. The predicted molar refractivity (Wildman–Crippen MR) is 94.0 cm³/mol. The molecule has 0 spiro atoms. The lowest BCUT2D eigenvalue weighted by Gasteiger charge is -2.20. The van der Waals surface area contributed by atoms with Crippen LogP contribution in [0, 0.1) is 0 Å². The topological polar surface area (TPSA) is 84.9 Å². The third-order valence-corrected chi connectivity index (χ3v) is 5.93. The summed E-state index contributed by atoms with van der Waals surface area (Å²) in [6.07, 6.45) is 1.94. The Morgan fingerprint density at radius 2 is 2.04 bits per heavy atom. The van der Waals surface area contributed by atoms with Gasteiger partial charge in [-0.25, -0.2) is 8.42 Å². The number of ether oxygens (including phenoxy) is 2. The van der Waals surface area contributed by atoms with Crippen LogP contribution >= 0.6 is 0 Å². The van der Waals surface area contributed by atoms with Gasteiger partial charge in [0.1, 0.15) is 5.75 Å². The standard InChI is InChI=1S/C17H26N2O5S/c1-3-19(13-17(20)18-12-15-6-5-11-24-15)25(21,22)16-9-7-14(8-10-16)23-4-2/h7-10,15H,3-6,11-13H2,1-2H3,(H,18,20)/t15-/m1/s1. The summed E-state index contributed by atoms with van der Waals surface area (Å²) in [5.74, 6) is 0.283. The Bertz CT molecular complexity index is 654. The molecular weight excluding hydrogens is 344 g/mol. The zero-order chi connectivity index (χ0) is 18.3. The maximum Gasteiger partial charge on any atom is 0.243 e. The first-order valence-corrected chi connectivity index (χ1v) is 10.0. The second-order valence-electron chi connectivity index (χ2n) is 5.77. The molecule has 1 atom stereocenters. The summed E-state index contributed by atoms with van der Waals surface area (Å²) in [5.41, 5.74) is 0. The molecule has 1 N–H and O–H groups in total. The maximum atomic E-state index is 12.7. The number of likely N-dealkylation sites (N-methyl/N-ethyl adjacent to an activating group) is 1. The van der Waals surface area contributed by atoms with Gasteiger partial charge in [-0.3, -0.25) is 4.79 Å². The first-order chi connectivity index (χ1) is 12.0. The van der Waals surface area contributed by atoms with Crippen LogP contribution in [-0.4, -0.2) is 57.6 Å². The van der Waals surface area contributed by atoms with Crippen LogP contribution in [0.3, 0.4) is 0 Å². The highest BCUT2D eigenvalue weighted by molar-refractivity contribution is 7.89. The van der Waals surface area contributed by atoms with E-state index in [1.54, 1.807) is 19.1 Å². The first-order valence-electron chi connectivity index (χ1n) is 8.58. The van der Waals surface area contributed by atoms with E-state index in [9.17, 15) is 13.2 Å². The molecule has 8 heteroatoms. The Morgan fingerprint density at radius 1 is 1.32 bits per heavy atom. The van der Waals surface area contributed by atoms with Crippen LogP contribution in [0.15, 0.2) is 29.2 Å². The van der Waals surface area contributed by atoms with Gasteiger partial charge in [0.15, 0.2) is 0 Å². The summed E-state index contributed by atoms with van der Waals surface area (Å²) >= 11 is 0. The zero-order valence-corrected chi connectivity index (χ0v) is 15.5. The normalized spacial score (nSPS) is 17.6. The first kappa shape index (κ1) is 19.7. The highest BCUT2D eigenvalue weighted by Crippen LogP contribution is 2.19. The monoisotopic (exact) mass is 370 g/mol. The Hall–Kier alpha value is -1.64. The van der Waals surface area contributed by atoms with Crippen molar-refractivity contribution in [3.8, 4) is 5.75 Å². The lowest BCUT2D eigenvalue weighted by molar-refractivity contribution is -0.121. The van der Waals surface area contributed by atoms with E-state index in [4.69, 9.17) is 9.47 Å². The Kier molecular flexibility index (Phi) is 7.22. The smallest absolute Gasteiger partial charge is 0.243 e. The number of nitrogens with zero attached hydrogens (tertiary/aromatic N) is 1. The third kappa shape index (κ3) is 5.42. The van der Waals surface area contributed by atoms with Gasteiger partial charge in [-0.1, -0.05) is 6.92 Å². The number of sulfonamides is 1. The van der Waals surface area contributed by atoms with Crippen LogP contribution in [-0.2, 0) is 19.6 Å². The number of hydrogen-bond donors (Lipinski definition) is 1. The summed E-state index contributed by atoms with van der Waals surface area (Å²) in [7, 11) is -3.73. The number of benzene rings is 1. The molecule has 0 unspecified atom stereocenters. The van der Waals surface area contributed by atoms with E-state index in [0.29, 0.717) is 25.5 Å². The van der Waals surface area contributed by atoms with Gasteiger partial charge in [-0.05, 0) is 44.0 Å². The second kappa shape index (κ2) is 9.17. The van der Waals surface area contributed by atoms with Crippen molar-refractivity contribution >= 4 is 15.9 Å². The summed E-state index contributed by atoms with van der Waals surface area (Å²) < 4.78 is 37.3. The molecule has 0 radical (unpaired) electrons. The van der Waals surface area contributed by atoms with Gasteiger partial charge in [0.05, 0.1) is 24.2 Å². The molecule has 0 aromatic heterocycles. The summed E-state index contributed by atoms with van der Waals surface area (Å²) in [6, 6.07) is 6.21. The quantitative estimate of drug-likeness (QED) is 0.710. The lowest BCUT2D eigenvalue weighted by Crippen LogP contribution is -2.42. The number of hydrogen-bond acceptors (Lipinski definition) is 5. The average molecular weight is 370 g/mol. The molecule has 1 amide bonds. The van der Waals surface area contributed by atoms with E-state index >= 15 is 0 Å². The van der Waals surface area contributed by atoms with Crippen molar-refractivity contribution in [1.82, 2.24) is 9.62 Å². The van der Waals surface area contributed by atoms with Gasteiger partial charge in [-0.15, -0.1) is 0 Å². The summed E-state index contributed by atoms with van der Waals surface area (Å²) in [4.78, 5) is 12.2. The van der Waals surface area contributed by atoms with Crippen LogP contribution in [0.2, 0.25) is 0 Å². The van der Waals surface area contributed by atoms with E-state index in [0.717, 1.165) is 17.1 Å². The number of carbonyl (C=O) groups is 1. The van der Waals surface area contributed by atoms with Crippen molar-refractivity contribution in [3.63, 3.8) is 0 Å². The minimum Gasteiger partial charge on any atom is -0.494 e. The van der Waals surface area contributed by atoms with Crippen molar-refractivity contribution in [2.45, 2.75) is 37.7 Å². The molecule has 1 aliphatic rings. The van der Waals surface area contributed by atoms with Gasteiger partial charge in [0.2, 0.25) is 15.9 Å². The minimum atomic E-state index is -3.73. The van der Waals surface area contributed by atoms with Crippen molar-refractivity contribution in [2.24, 2.45) is 0 Å². The van der Waals surface area contributed by atoms with E-state index in [1.165, 1.54) is 12.1 Å². The molecule has 1 aromatic carbocycles. The van der Waals surface area contributed by atoms with Crippen molar-refractivity contribution in [1.29, 1.82) is 0 Å². The Morgan fingerprint density at radius 3 is 2.60 bits per heavy atom. The van der Waals surface area contributed by atoms with Gasteiger partial charge in [-0.2, -0.15) is 4.31 Å². The third-order valence-electron chi connectivity index (χ3n) is 4.00. The van der Waals surface area contributed by atoms with E-state index in [-0.39, 0.29) is 30.0 Å². The fourth-order valence-electron chi connectivity index (χ4n) is 2.64. The molecule has 1 aliphatic heterocycles. The molecule has 7 nitrogen and oxygen atoms in total. The highest BCUT2D eigenvalue weighted by atomic mass is 32.2. The van der Waals surface area contributed by atoms with Crippen LogP contribution in [0.1, 0.15) is 26.7 Å². The SMILES string of the molecule is CCOc1ccc(S(=O)(=O)N(CC)CC(=O)NC[C@H]2CCCO2)cc1. The molecular formula is C17H26N2O5S. The Balaban J connectivity index is 1.97. The van der Waals surface area contributed by atoms with Crippen LogP contribution in [0.5, 0.6) is 5.75 Å². The number of amides is 1. The number of rotatable bonds is 9. The van der Waals surface area contributed by atoms with Gasteiger partial charge >= 0.3 is 0 Å². The van der Waals surface area contributed by atoms with Crippen molar-refractivity contribution in [3.05, 3.63) is 24.3 Å². The molecule has 0 aliphatic carbocycles. The molecule has 1 heterocycles. The molecule has 140 valence electrons. The predicted octanol–water partition coefficient (Wildman–Crippen LogP) is 1.39. The lowest BCUT2D eigenvalue weighted by atomic mass is 10.2. The molecule has 1 saturated heterocycles. The van der Waals surface area contributed by atoms with E-state index in [1.807, 2.05) is 6.92 Å².